The van der Waals surface area contributed by atoms with E-state index in [0.29, 0.717) is 17.4 Å². The fourth-order valence-electron chi connectivity index (χ4n) is 6.90. The Hall–Kier alpha value is -1.09. The molecule has 0 N–H and O–H groups in total. The molecule has 0 amide bonds. The molecule has 4 rings (SSSR count). The molecule has 0 heterocycles. The molecule has 4 aliphatic carbocycles. The lowest BCUT2D eigenvalue weighted by atomic mass is 9.47. The smallest absolute Gasteiger partial charge is 0.129 e. The van der Waals surface area contributed by atoms with E-state index in [2.05, 4.69) is 50.7 Å². The zero-order chi connectivity index (χ0) is 19.2. The highest BCUT2D eigenvalue weighted by Crippen LogP contribution is 2.66. The summed E-state index contributed by atoms with van der Waals surface area (Å²) in [6, 6.07) is 0. The molecule has 150 valence electrons. The second-order valence-corrected chi connectivity index (χ2v) is 10.3. The Morgan fingerprint density at radius 3 is 2.63 bits per heavy atom. The maximum absolute atomic E-state index is 5.58. The van der Waals surface area contributed by atoms with Gasteiger partial charge in [-0.05, 0) is 100 Å². The summed E-state index contributed by atoms with van der Waals surface area (Å²) in [4.78, 5) is 7.71. The van der Waals surface area contributed by atoms with Gasteiger partial charge in [-0.1, -0.05) is 36.7 Å². The van der Waals surface area contributed by atoms with E-state index in [0.717, 1.165) is 36.4 Å². The minimum atomic E-state index is 0.386. The third-order valence-corrected chi connectivity index (χ3v) is 8.74. The minimum absolute atomic E-state index is 0.386. The van der Waals surface area contributed by atoms with Crippen LogP contribution in [0.15, 0.2) is 29.0 Å². The van der Waals surface area contributed by atoms with Crippen LogP contribution < -0.4 is 0 Å². The highest BCUT2D eigenvalue weighted by Gasteiger charge is 2.57. The summed E-state index contributed by atoms with van der Waals surface area (Å²) >= 11 is 0. The van der Waals surface area contributed by atoms with Gasteiger partial charge in [-0.25, -0.2) is 0 Å². The summed E-state index contributed by atoms with van der Waals surface area (Å²) in [6.07, 6.45) is 12.7. The van der Waals surface area contributed by atoms with Crippen LogP contribution >= 0.6 is 0 Å². The number of nitrogens with zero attached hydrogens (tertiary/aromatic N) is 2. The summed E-state index contributed by atoms with van der Waals surface area (Å²) in [6.45, 7) is 11.1. The minimum Gasteiger partial charge on any atom is -0.394 e. The molecule has 3 heteroatoms. The first kappa shape index (κ1) is 19.2. The van der Waals surface area contributed by atoms with E-state index in [9.17, 15) is 0 Å². The average molecular weight is 371 g/mol. The van der Waals surface area contributed by atoms with Crippen LogP contribution in [0.25, 0.3) is 0 Å². The molecule has 0 spiro atoms. The third-order valence-electron chi connectivity index (χ3n) is 8.74. The standard InChI is InChI=1S/C24H38N2O/c1-17-6-9-21-20-8-7-18-16-19(25-27-15-14-26(4)5)10-12-24(18,3)22(20)11-13-23(17,21)2/h16,20-22H,1,6-15H2,2-5H3/b25-19+/t20?,21?,22?,23-,24+/m1/s1. The Kier molecular flexibility index (Phi) is 5.03. The Morgan fingerprint density at radius 2 is 1.85 bits per heavy atom. The maximum Gasteiger partial charge on any atom is 0.129 e. The Bertz CT molecular complexity index is 663. The van der Waals surface area contributed by atoms with Crippen molar-refractivity contribution in [3.8, 4) is 0 Å². The lowest BCUT2D eigenvalue weighted by molar-refractivity contribution is -0.0226. The largest absolute Gasteiger partial charge is 0.394 e. The van der Waals surface area contributed by atoms with E-state index in [-0.39, 0.29) is 0 Å². The van der Waals surface area contributed by atoms with Crippen LogP contribution in [0, 0.1) is 28.6 Å². The van der Waals surface area contributed by atoms with Gasteiger partial charge < -0.3 is 9.74 Å². The van der Waals surface area contributed by atoms with Crippen LogP contribution in [-0.4, -0.2) is 37.9 Å². The molecule has 0 saturated heterocycles. The van der Waals surface area contributed by atoms with Gasteiger partial charge in [0.25, 0.3) is 0 Å². The van der Waals surface area contributed by atoms with Gasteiger partial charge in [0.05, 0.1) is 5.71 Å². The second-order valence-electron chi connectivity index (χ2n) is 10.3. The highest BCUT2D eigenvalue weighted by atomic mass is 16.6. The number of allylic oxidation sites excluding steroid dienone is 3. The van der Waals surface area contributed by atoms with Gasteiger partial charge in [-0.2, -0.15) is 0 Å². The predicted molar refractivity (Wildman–Crippen MR) is 113 cm³/mol. The van der Waals surface area contributed by atoms with Gasteiger partial charge in [0, 0.05) is 6.54 Å². The molecule has 4 aliphatic rings. The van der Waals surface area contributed by atoms with E-state index < -0.39 is 0 Å². The first-order valence-corrected chi connectivity index (χ1v) is 11.1. The molecule has 27 heavy (non-hydrogen) atoms. The fraction of sp³-hybridized carbons (Fsp3) is 0.792. The fourth-order valence-corrected chi connectivity index (χ4v) is 6.90. The van der Waals surface area contributed by atoms with Crippen molar-refractivity contribution in [3.05, 3.63) is 23.8 Å². The summed E-state index contributed by atoms with van der Waals surface area (Å²) in [5.41, 5.74) is 5.18. The van der Waals surface area contributed by atoms with Gasteiger partial charge in [0.1, 0.15) is 6.61 Å². The quantitative estimate of drug-likeness (QED) is 0.374. The Balaban J connectivity index is 1.50. The maximum atomic E-state index is 5.58. The molecular formula is C24H38N2O. The summed E-state index contributed by atoms with van der Waals surface area (Å²) in [5, 5.41) is 4.46. The number of likely N-dealkylation sites (N-methyl/N-ethyl adjacent to an activating group) is 1. The van der Waals surface area contributed by atoms with Crippen LogP contribution in [0.5, 0.6) is 0 Å². The number of fused-ring (bicyclic) bond motifs is 5. The van der Waals surface area contributed by atoms with Crippen molar-refractivity contribution >= 4 is 5.71 Å². The number of rotatable bonds is 4. The van der Waals surface area contributed by atoms with Gasteiger partial charge in [0.2, 0.25) is 0 Å². The summed E-state index contributed by atoms with van der Waals surface area (Å²) in [5.74, 6) is 2.64. The van der Waals surface area contributed by atoms with Gasteiger partial charge in [-0.3, -0.25) is 0 Å². The molecule has 3 nitrogen and oxygen atoms in total. The van der Waals surface area contributed by atoms with E-state index >= 15 is 0 Å². The van der Waals surface area contributed by atoms with Crippen molar-refractivity contribution in [1.29, 1.82) is 0 Å². The first-order chi connectivity index (χ1) is 12.8. The first-order valence-electron chi connectivity index (χ1n) is 11.1. The number of oxime groups is 1. The third kappa shape index (κ3) is 3.20. The predicted octanol–water partition coefficient (Wildman–Crippen LogP) is 5.44. The molecule has 3 saturated carbocycles. The highest BCUT2D eigenvalue weighted by molar-refractivity contribution is 5.96. The normalized spacial score (nSPS) is 42.6. The van der Waals surface area contributed by atoms with Crippen LogP contribution in [0.4, 0.5) is 0 Å². The number of hydrogen-bond acceptors (Lipinski definition) is 3. The van der Waals surface area contributed by atoms with Crippen molar-refractivity contribution in [1.82, 2.24) is 4.90 Å². The van der Waals surface area contributed by atoms with E-state index in [1.165, 1.54) is 44.9 Å². The van der Waals surface area contributed by atoms with Crippen LogP contribution in [0.3, 0.4) is 0 Å². The van der Waals surface area contributed by atoms with Crippen molar-refractivity contribution in [2.24, 2.45) is 33.7 Å². The van der Waals surface area contributed by atoms with Crippen molar-refractivity contribution in [2.45, 2.75) is 65.2 Å². The van der Waals surface area contributed by atoms with E-state index in [1.807, 2.05) is 0 Å². The molecule has 3 unspecified atom stereocenters. The zero-order valence-corrected chi connectivity index (χ0v) is 17.9. The molecule has 0 aromatic heterocycles. The van der Waals surface area contributed by atoms with Crippen LogP contribution in [-0.2, 0) is 4.84 Å². The van der Waals surface area contributed by atoms with E-state index in [4.69, 9.17) is 4.84 Å². The van der Waals surface area contributed by atoms with Crippen LogP contribution in [0.2, 0.25) is 0 Å². The molecule has 0 radical (unpaired) electrons. The van der Waals surface area contributed by atoms with Crippen molar-refractivity contribution in [2.75, 3.05) is 27.2 Å². The van der Waals surface area contributed by atoms with Crippen LogP contribution in [0.1, 0.15) is 65.2 Å². The molecule has 3 fully saturated rings. The Labute approximate surface area is 165 Å². The second kappa shape index (κ2) is 7.06. The monoisotopic (exact) mass is 370 g/mol. The van der Waals surface area contributed by atoms with Crippen molar-refractivity contribution < 1.29 is 4.84 Å². The molecular weight excluding hydrogens is 332 g/mol. The lowest BCUT2D eigenvalue weighted by Gasteiger charge is -2.57. The van der Waals surface area contributed by atoms with Gasteiger partial charge in [0.15, 0.2) is 0 Å². The van der Waals surface area contributed by atoms with Crippen molar-refractivity contribution in [3.63, 3.8) is 0 Å². The summed E-state index contributed by atoms with van der Waals surface area (Å²) in [7, 11) is 4.13. The Morgan fingerprint density at radius 1 is 1.07 bits per heavy atom. The SMILES string of the molecule is C=C1CCC2C3CCC4=C/C(=N/OCCN(C)C)CC[C@]4(C)C3CC[C@]12C. The molecule has 0 aliphatic heterocycles. The molecule has 0 bridgehead atoms. The number of hydrogen-bond donors (Lipinski definition) is 0. The zero-order valence-electron chi connectivity index (χ0n) is 17.9. The van der Waals surface area contributed by atoms with Gasteiger partial charge >= 0.3 is 0 Å². The molecule has 0 aromatic carbocycles. The lowest BCUT2D eigenvalue weighted by Crippen LogP contribution is -2.49. The summed E-state index contributed by atoms with van der Waals surface area (Å²) < 4.78 is 0. The molecule has 0 aromatic rings. The molecule has 5 atom stereocenters. The average Bonchev–Trinajstić information content (AvgIpc) is 2.94. The van der Waals surface area contributed by atoms with Gasteiger partial charge in [-0.15, -0.1) is 0 Å². The van der Waals surface area contributed by atoms with E-state index in [1.54, 1.807) is 11.1 Å². The topological polar surface area (TPSA) is 24.8 Å².